The smallest absolute Gasteiger partial charge is 0.254 e. The van der Waals surface area contributed by atoms with Crippen molar-refractivity contribution < 1.29 is 9.59 Å². The Morgan fingerprint density at radius 2 is 1.94 bits per heavy atom. The Labute approximate surface area is 103 Å². The molecule has 0 atom stereocenters. The lowest BCUT2D eigenvalue weighted by molar-refractivity contribution is -0.124. The van der Waals surface area contributed by atoms with Gasteiger partial charge in [0.05, 0.1) is 17.6 Å². The van der Waals surface area contributed by atoms with Gasteiger partial charge in [0.25, 0.3) is 5.91 Å². The number of carbonyl (C=O) groups is 2. The number of nitrogens with one attached hydrogen (secondary N) is 1. The summed E-state index contributed by atoms with van der Waals surface area (Å²) in [5, 5.41) is 3.30. The molecule has 4 heteroatoms. The van der Waals surface area contributed by atoms with Gasteiger partial charge in [-0.05, 0) is 18.2 Å². The molecule has 3 rings (SSSR count). The minimum Gasteiger partial charge on any atom is -0.292 e. The Hall–Kier alpha value is -2.49. The van der Waals surface area contributed by atoms with E-state index < -0.39 is 0 Å². The molecular formula is C14H10N2O2. The van der Waals surface area contributed by atoms with Gasteiger partial charge < -0.3 is 0 Å². The van der Waals surface area contributed by atoms with Crippen LogP contribution in [0.2, 0.25) is 0 Å². The molecule has 0 aliphatic carbocycles. The third kappa shape index (κ3) is 1.88. The zero-order chi connectivity index (χ0) is 12.5. The fraction of sp³-hybridized carbons (Fsp3) is 0.0714. The molecule has 1 aromatic heterocycles. The summed E-state index contributed by atoms with van der Waals surface area (Å²) in [7, 11) is 0. The molecule has 1 aliphatic heterocycles. The van der Waals surface area contributed by atoms with Crippen molar-refractivity contribution in [3.63, 3.8) is 0 Å². The van der Waals surface area contributed by atoms with Gasteiger partial charge in [-0.15, -0.1) is 0 Å². The van der Waals surface area contributed by atoms with E-state index in [4.69, 9.17) is 0 Å². The van der Waals surface area contributed by atoms with E-state index in [9.17, 15) is 9.59 Å². The summed E-state index contributed by atoms with van der Waals surface area (Å²) in [5.41, 5.74) is 2.02. The molecule has 1 N–H and O–H groups in total. The molecule has 1 aromatic carbocycles. The van der Waals surface area contributed by atoms with Crippen LogP contribution in [0.1, 0.15) is 12.1 Å². The van der Waals surface area contributed by atoms with E-state index in [1.54, 1.807) is 6.08 Å². The standard InChI is InChI=1S/C14H10N2O2/c17-13-8-10(14(18)16-13)7-11-6-5-9-3-1-2-4-12(9)15-11/h1-7H,8H2,(H,16,17,18)/b10-7+. The molecule has 4 nitrogen and oxygen atoms in total. The summed E-state index contributed by atoms with van der Waals surface area (Å²) in [6, 6.07) is 11.5. The van der Waals surface area contributed by atoms with Crippen LogP contribution in [0.15, 0.2) is 42.0 Å². The Balaban J connectivity index is 2.02. The van der Waals surface area contributed by atoms with Gasteiger partial charge in [-0.3, -0.25) is 14.9 Å². The molecule has 0 bridgehead atoms. The van der Waals surface area contributed by atoms with Crippen molar-refractivity contribution >= 4 is 28.8 Å². The lowest BCUT2D eigenvalue weighted by Crippen LogP contribution is -2.19. The second kappa shape index (κ2) is 4.07. The maximum absolute atomic E-state index is 11.4. The van der Waals surface area contributed by atoms with E-state index in [1.807, 2.05) is 36.4 Å². The SMILES string of the molecule is O=C1C/C(=C\c2ccc3ccccc3n2)C(=O)N1. The van der Waals surface area contributed by atoms with Crippen molar-refractivity contribution in [1.29, 1.82) is 0 Å². The highest BCUT2D eigenvalue weighted by molar-refractivity contribution is 6.15. The van der Waals surface area contributed by atoms with E-state index in [2.05, 4.69) is 10.3 Å². The zero-order valence-electron chi connectivity index (χ0n) is 9.51. The quantitative estimate of drug-likeness (QED) is 0.607. The number of amides is 2. The van der Waals surface area contributed by atoms with Gasteiger partial charge in [0, 0.05) is 11.0 Å². The van der Waals surface area contributed by atoms with Gasteiger partial charge in [0.1, 0.15) is 0 Å². The van der Waals surface area contributed by atoms with E-state index >= 15 is 0 Å². The fourth-order valence-electron chi connectivity index (χ4n) is 1.96. The van der Waals surface area contributed by atoms with Crippen LogP contribution in [0.3, 0.4) is 0 Å². The number of imide groups is 1. The molecule has 1 aliphatic rings. The lowest BCUT2D eigenvalue weighted by Gasteiger charge is -1.99. The van der Waals surface area contributed by atoms with E-state index in [1.165, 1.54) is 0 Å². The molecule has 18 heavy (non-hydrogen) atoms. The van der Waals surface area contributed by atoms with Crippen molar-refractivity contribution in [1.82, 2.24) is 10.3 Å². The first-order valence-electron chi connectivity index (χ1n) is 5.63. The highest BCUT2D eigenvalue weighted by Gasteiger charge is 2.23. The second-order valence-corrected chi connectivity index (χ2v) is 4.15. The Kier molecular flexibility index (Phi) is 2.41. The number of para-hydroxylation sites is 1. The molecule has 88 valence electrons. The van der Waals surface area contributed by atoms with Crippen molar-refractivity contribution in [2.45, 2.75) is 6.42 Å². The number of pyridine rings is 1. The van der Waals surface area contributed by atoms with Gasteiger partial charge in [-0.1, -0.05) is 24.3 Å². The molecule has 1 fully saturated rings. The topological polar surface area (TPSA) is 59.1 Å². The monoisotopic (exact) mass is 238 g/mol. The summed E-state index contributed by atoms with van der Waals surface area (Å²) in [4.78, 5) is 26.9. The summed E-state index contributed by atoms with van der Waals surface area (Å²) in [6.45, 7) is 0. The molecular weight excluding hydrogens is 228 g/mol. The number of aromatic nitrogens is 1. The van der Waals surface area contributed by atoms with Crippen LogP contribution in [0, 0.1) is 0 Å². The third-order valence-electron chi connectivity index (χ3n) is 2.84. The first kappa shape index (κ1) is 10.7. The summed E-state index contributed by atoms with van der Waals surface area (Å²) in [6.07, 6.45) is 1.79. The van der Waals surface area contributed by atoms with Crippen molar-refractivity contribution in [3.8, 4) is 0 Å². The van der Waals surface area contributed by atoms with Crippen LogP contribution in [-0.2, 0) is 9.59 Å². The average molecular weight is 238 g/mol. The maximum Gasteiger partial charge on any atom is 0.254 e. The molecule has 2 amide bonds. The second-order valence-electron chi connectivity index (χ2n) is 4.15. The highest BCUT2D eigenvalue weighted by Crippen LogP contribution is 2.16. The van der Waals surface area contributed by atoms with Gasteiger partial charge >= 0.3 is 0 Å². The predicted octanol–water partition coefficient (Wildman–Crippen LogP) is 1.66. The van der Waals surface area contributed by atoms with Crippen LogP contribution >= 0.6 is 0 Å². The normalized spacial score (nSPS) is 17.4. The fourth-order valence-corrected chi connectivity index (χ4v) is 1.96. The van der Waals surface area contributed by atoms with Gasteiger partial charge in [0.15, 0.2) is 0 Å². The van der Waals surface area contributed by atoms with Gasteiger partial charge in [-0.2, -0.15) is 0 Å². The number of benzene rings is 1. The van der Waals surface area contributed by atoms with E-state index in [0.29, 0.717) is 11.3 Å². The van der Waals surface area contributed by atoms with Crippen LogP contribution < -0.4 is 5.32 Å². The number of rotatable bonds is 1. The van der Waals surface area contributed by atoms with Crippen LogP contribution in [0.5, 0.6) is 0 Å². The van der Waals surface area contributed by atoms with Crippen LogP contribution in [0.25, 0.3) is 17.0 Å². The minimum absolute atomic E-state index is 0.132. The number of fused-ring (bicyclic) bond motifs is 1. The molecule has 0 radical (unpaired) electrons. The van der Waals surface area contributed by atoms with E-state index in [-0.39, 0.29) is 18.2 Å². The Morgan fingerprint density at radius 3 is 2.72 bits per heavy atom. The first-order valence-corrected chi connectivity index (χ1v) is 5.63. The maximum atomic E-state index is 11.4. The van der Waals surface area contributed by atoms with Gasteiger partial charge in [0.2, 0.25) is 5.91 Å². The molecule has 2 aromatic rings. The number of hydrogen-bond acceptors (Lipinski definition) is 3. The molecule has 1 saturated heterocycles. The highest BCUT2D eigenvalue weighted by atomic mass is 16.2. The Bertz CT molecular complexity index is 689. The van der Waals surface area contributed by atoms with Crippen molar-refractivity contribution in [3.05, 3.63) is 47.7 Å². The summed E-state index contributed by atoms with van der Waals surface area (Å²) >= 11 is 0. The summed E-state index contributed by atoms with van der Waals surface area (Å²) < 4.78 is 0. The molecule has 2 heterocycles. The number of hydrogen-bond donors (Lipinski definition) is 1. The lowest BCUT2D eigenvalue weighted by atomic mass is 10.1. The molecule has 0 unspecified atom stereocenters. The first-order chi connectivity index (χ1) is 8.72. The summed E-state index contributed by atoms with van der Waals surface area (Å²) in [5.74, 6) is -0.581. The minimum atomic E-state index is -0.324. The van der Waals surface area contributed by atoms with Crippen molar-refractivity contribution in [2.24, 2.45) is 0 Å². The van der Waals surface area contributed by atoms with Crippen molar-refractivity contribution in [2.75, 3.05) is 0 Å². The van der Waals surface area contributed by atoms with Crippen LogP contribution in [-0.4, -0.2) is 16.8 Å². The predicted molar refractivity (Wildman–Crippen MR) is 67.5 cm³/mol. The van der Waals surface area contributed by atoms with Gasteiger partial charge in [-0.25, -0.2) is 4.98 Å². The average Bonchev–Trinajstić information content (AvgIpc) is 2.68. The van der Waals surface area contributed by atoms with E-state index in [0.717, 1.165) is 10.9 Å². The zero-order valence-corrected chi connectivity index (χ0v) is 9.51. The molecule has 0 saturated carbocycles. The number of carbonyl (C=O) groups excluding carboxylic acids is 2. The Morgan fingerprint density at radius 1 is 1.11 bits per heavy atom. The van der Waals surface area contributed by atoms with Crippen LogP contribution in [0.4, 0.5) is 0 Å². The third-order valence-corrected chi connectivity index (χ3v) is 2.84. The number of nitrogens with zero attached hydrogens (tertiary/aromatic N) is 1. The largest absolute Gasteiger partial charge is 0.292 e. The molecule has 0 spiro atoms.